The molecule has 0 heterocycles. The van der Waals surface area contributed by atoms with E-state index < -0.39 is 12.5 Å². The maximum atomic E-state index is 12.9. The van der Waals surface area contributed by atoms with Gasteiger partial charge in [0.05, 0.1) is 18.1 Å². The van der Waals surface area contributed by atoms with Gasteiger partial charge in [0, 0.05) is 26.2 Å². The zero-order valence-electron chi connectivity index (χ0n) is 13.2. The van der Waals surface area contributed by atoms with Crippen molar-refractivity contribution in [3.05, 3.63) is 45.4 Å². The van der Waals surface area contributed by atoms with Gasteiger partial charge in [0.2, 0.25) is 0 Å². The number of rotatable bonds is 8. The van der Waals surface area contributed by atoms with Crippen LogP contribution in [0.15, 0.2) is 29.7 Å². The van der Waals surface area contributed by atoms with E-state index in [0.29, 0.717) is 11.0 Å². The lowest BCUT2D eigenvalue weighted by Crippen LogP contribution is -2.14. The van der Waals surface area contributed by atoms with E-state index in [1.54, 1.807) is 51.1 Å². The summed E-state index contributed by atoms with van der Waals surface area (Å²) in [7, 11) is 0.0472. The molecule has 22 heavy (non-hydrogen) atoms. The van der Waals surface area contributed by atoms with E-state index in [0.717, 1.165) is 0 Å². The lowest BCUT2D eigenvalue weighted by molar-refractivity contribution is -0.384. The third-order valence-electron chi connectivity index (χ3n) is 2.74. The number of non-ortho nitro benzene ring substituents is 1. The zero-order chi connectivity index (χ0) is 16.8. The van der Waals surface area contributed by atoms with Crippen LogP contribution < -0.4 is 0 Å². The summed E-state index contributed by atoms with van der Waals surface area (Å²) >= 11 is 0. The lowest BCUT2D eigenvalue weighted by Gasteiger charge is -2.25. The molecule has 1 aromatic rings. The SMILES string of the molecule is CCOP(=O)(OCC)/C(=C\c1ccc([N+](=O)[O-])cc1)N(C)C. The highest BCUT2D eigenvalue weighted by atomic mass is 31.2. The van der Waals surface area contributed by atoms with Gasteiger partial charge in [-0.05, 0) is 37.6 Å². The molecule has 0 spiro atoms. The highest BCUT2D eigenvalue weighted by Crippen LogP contribution is 2.57. The second-order valence-electron chi connectivity index (χ2n) is 4.58. The highest BCUT2D eigenvalue weighted by Gasteiger charge is 2.31. The Morgan fingerprint density at radius 3 is 2.09 bits per heavy atom. The summed E-state index contributed by atoms with van der Waals surface area (Å²) in [5, 5.41) is 10.7. The van der Waals surface area contributed by atoms with Crippen LogP contribution in [-0.4, -0.2) is 37.1 Å². The molecule has 0 fully saturated rings. The molecular weight excluding hydrogens is 307 g/mol. The zero-order valence-corrected chi connectivity index (χ0v) is 14.1. The van der Waals surface area contributed by atoms with Crippen molar-refractivity contribution in [3.63, 3.8) is 0 Å². The van der Waals surface area contributed by atoms with E-state index in [1.165, 1.54) is 12.1 Å². The molecule has 0 aliphatic rings. The van der Waals surface area contributed by atoms with E-state index in [1.807, 2.05) is 0 Å². The molecule has 0 saturated heterocycles. The molecule has 1 aromatic carbocycles. The second kappa shape index (κ2) is 8.08. The molecule has 0 aromatic heterocycles. The smallest absolute Gasteiger partial charge is 0.371 e. The summed E-state index contributed by atoms with van der Waals surface area (Å²) in [6.45, 7) is 3.99. The van der Waals surface area contributed by atoms with Gasteiger partial charge in [0.25, 0.3) is 5.69 Å². The minimum atomic E-state index is -3.43. The van der Waals surface area contributed by atoms with Crippen molar-refractivity contribution in [2.75, 3.05) is 27.3 Å². The summed E-state index contributed by atoms with van der Waals surface area (Å²) in [4.78, 5) is 11.9. The van der Waals surface area contributed by atoms with Crippen LogP contribution >= 0.6 is 7.60 Å². The summed E-state index contributed by atoms with van der Waals surface area (Å²) in [6, 6.07) is 5.96. The van der Waals surface area contributed by atoms with Gasteiger partial charge in [0.1, 0.15) is 5.44 Å². The number of nitrogens with zero attached hydrogens (tertiary/aromatic N) is 2. The molecule has 0 amide bonds. The number of hydrogen-bond donors (Lipinski definition) is 0. The minimum absolute atomic E-state index is 0.00125. The van der Waals surface area contributed by atoms with Gasteiger partial charge in [-0.3, -0.25) is 14.7 Å². The Morgan fingerprint density at radius 2 is 1.73 bits per heavy atom. The maximum absolute atomic E-state index is 12.9. The topological polar surface area (TPSA) is 81.9 Å². The van der Waals surface area contributed by atoms with Crippen molar-refractivity contribution in [3.8, 4) is 0 Å². The van der Waals surface area contributed by atoms with E-state index in [4.69, 9.17) is 9.05 Å². The van der Waals surface area contributed by atoms with Gasteiger partial charge in [-0.1, -0.05) is 0 Å². The van der Waals surface area contributed by atoms with Gasteiger partial charge in [-0.25, -0.2) is 0 Å². The summed E-state index contributed by atoms with van der Waals surface area (Å²) in [5.74, 6) is 0. The Kier molecular flexibility index (Phi) is 6.74. The fourth-order valence-corrected chi connectivity index (χ4v) is 3.62. The van der Waals surface area contributed by atoms with Crippen molar-refractivity contribution in [2.45, 2.75) is 13.8 Å². The van der Waals surface area contributed by atoms with E-state index >= 15 is 0 Å². The number of benzene rings is 1. The Hall–Kier alpha value is -1.69. The second-order valence-corrected chi connectivity index (χ2v) is 6.55. The van der Waals surface area contributed by atoms with Crippen LogP contribution in [-0.2, 0) is 13.6 Å². The Labute approximate surface area is 130 Å². The fourth-order valence-electron chi connectivity index (χ4n) is 1.80. The van der Waals surface area contributed by atoms with E-state index in [-0.39, 0.29) is 18.9 Å². The molecule has 8 heteroatoms. The van der Waals surface area contributed by atoms with Crippen molar-refractivity contribution in [2.24, 2.45) is 0 Å². The molecular formula is C14H21N2O5P. The van der Waals surface area contributed by atoms with Gasteiger partial charge >= 0.3 is 7.60 Å². The average Bonchev–Trinajstić information content (AvgIpc) is 2.45. The van der Waals surface area contributed by atoms with E-state index in [9.17, 15) is 14.7 Å². The first-order chi connectivity index (χ1) is 10.3. The molecule has 0 saturated carbocycles. The summed E-state index contributed by atoms with van der Waals surface area (Å²) in [6.07, 6.45) is 1.65. The first-order valence-corrected chi connectivity index (χ1v) is 8.41. The molecule has 7 nitrogen and oxygen atoms in total. The van der Waals surface area contributed by atoms with Crippen LogP contribution in [0.5, 0.6) is 0 Å². The monoisotopic (exact) mass is 328 g/mol. The molecule has 122 valence electrons. The maximum Gasteiger partial charge on any atom is 0.377 e. The quantitative estimate of drug-likeness (QED) is 0.411. The first kappa shape index (κ1) is 18.4. The van der Waals surface area contributed by atoms with Crippen LogP contribution in [0.1, 0.15) is 19.4 Å². The largest absolute Gasteiger partial charge is 0.377 e. The molecule has 0 aliphatic heterocycles. The van der Waals surface area contributed by atoms with Gasteiger partial charge in [-0.2, -0.15) is 0 Å². The predicted molar refractivity (Wildman–Crippen MR) is 85.6 cm³/mol. The normalized spacial score (nSPS) is 12.3. The Balaban J connectivity index is 3.23. The van der Waals surface area contributed by atoms with Crippen LogP contribution in [0.25, 0.3) is 6.08 Å². The standard InChI is InChI=1S/C14H21N2O5P/c1-5-20-22(19,21-6-2)14(15(3)4)11-12-7-9-13(10-8-12)16(17)18/h7-11H,5-6H2,1-4H3/b14-11-. The van der Waals surface area contributed by atoms with Gasteiger partial charge in [0.15, 0.2) is 0 Å². The molecule has 0 unspecified atom stereocenters. The molecule has 0 radical (unpaired) electrons. The van der Waals surface area contributed by atoms with Crippen molar-refractivity contribution >= 4 is 19.4 Å². The first-order valence-electron chi connectivity index (χ1n) is 6.87. The molecule has 0 bridgehead atoms. The number of nitro benzene ring substituents is 1. The highest BCUT2D eigenvalue weighted by molar-refractivity contribution is 7.58. The third kappa shape index (κ3) is 4.66. The van der Waals surface area contributed by atoms with Crippen molar-refractivity contribution < 1.29 is 18.5 Å². The molecule has 1 rings (SSSR count). The molecule has 0 atom stereocenters. The average molecular weight is 328 g/mol. The number of hydrogen-bond acceptors (Lipinski definition) is 6. The lowest BCUT2D eigenvalue weighted by atomic mass is 10.2. The molecule has 0 aliphatic carbocycles. The minimum Gasteiger partial charge on any atom is -0.371 e. The summed E-state index contributed by atoms with van der Waals surface area (Å²) < 4.78 is 23.6. The van der Waals surface area contributed by atoms with Crippen LogP contribution in [0.2, 0.25) is 0 Å². The van der Waals surface area contributed by atoms with Crippen molar-refractivity contribution in [1.82, 2.24) is 4.90 Å². The van der Waals surface area contributed by atoms with Gasteiger partial charge in [-0.15, -0.1) is 0 Å². The van der Waals surface area contributed by atoms with Crippen LogP contribution in [0.3, 0.4) is 0 Å². The van der Waals surface area contributed by atoms with Gasteiger partial charge < -0.3 is 13.9 Å². The Bertz CT molecular complexity index is 573. The van der Waals surface area contributed by atoms with Crippen molar-refractivity contribution in [1.29, 1.82) is 0 Å². The number of nitro groups is 1. The summed E-state index contributed by atoms with van der Waals surface area (Å²) in [5.41, 5.74) is 1.07. The fraction of sp³-hybridized carbons (Fsp3) is 0.429. The van der Waals surface area contributed by atoms with E-state index in [2.05, 4.69) is 0 Å². The predicted octanol–water partition coefficient (Wildman–Crippen LogP) is 3.72. The molecule has 0 N–H and O–H groups in total. The van der Waals surface area contributed by atoms with Crippen LogP contribution in [0.4, 0.5) is 5.69 Å². The van der Waals surface area contributed by atoms with Crippen LogP contribution in [0, 0.1) is 10.1 Å². The Morgan fingerprint density at radius 1 is 1.23 bits per heavy atom. The third-order valence-corrected chi connectivity index (χ3v) is 5.02.